The van der Waals surface area contributed by atoms with Gasteiger partial charge >= 0.3 is 6.36 Å². The normalized spacial score (nSPS) is 30.8. The van der Waals surface area contributed by atoms with E-state index < -0.39 is 6.36 Å². The first-order valence-corrected chi connectivity index (χ1v) is 6.38. The van der Waals surface area contributed by atoms with Crippen LogP contribution in [0.1, 0.15) is 38.2 Å². The number of alkyl halides is 3. The van der Waals surface area contributed by atoms with Gasteiger partial charge in [-0.3, -0.25) is 0 Å². The maximum atomic E-state index is 12.4. The van der Waals surface area contributed by atoms with Crippen molar-refractivity contribution < 1.29 is 17.9 Å². The molecule has 1 aromatic rings. The fraction of sp³-hybridized carbons (Fsp3) is 0.571. The summed E-state index contributed by atoms with van der Waals surface area (Å²) in [4.78, 5) is 0. The van der Waals surface area contributed by atoms with Crippen LogP contribution < -0.4 is 10.5 Å². The second-order valence-corrected chi connectivity index (χ2v) is 5.34. The monoisotopic (exact) mass is 273 g/mol. The van der Waals surface area contributed by atoms with Crippen LogP contribution in [0.5, 0.6) is 5.75 Å². The number of hydrogen-bond acceptors (Lipinski definition) is 2. The Balaban J connectivity index is 2.31. The molecule has 1 saturated carbocycles. The Morgan fingerprint density at radius 2 is 2.00 bits per heavy atom. The number of rotatable bonds is 3. The average molecular weight is 273 g/mol. The zero-order chi connectivity index (χ0) is 14.3. The lowest BCUT2D eigenvalue weighted by Gasteiger charge is -2.53. The summed E-state index contributed by atoms with van der Waals surface area (Å²) in [6.07, 6.45) is -3.13. The lowest BCUT2D eigenvalue weighted by molar-refractivity contribution is -0.275. The zero-order valence-electron chi connectivity index (χ0n) is 11.0. The third-order valence-electron chi connectivity index (χ3n) is 4.41. The number of halogens is 3. The van der Waals surface area contributed by atoms with Crippen molar-refractivity contribution in [2.75, 3.05) is 0 Å². The molecule has 19 heavy (non-hydrogen) atoms. The standard InChI is InChI=1S/C14H18F3NO/c1-3-13(2)10(8-12(13)18)9-6-4-5-7-11(9)19-14(15,16)17/h4-7,10,12H,3,8,18H2,1-2H3. The van der Waals surface area contributed by atoms with Crippen LogP contribution in [-0.4, -0.2) is 12.4 Å². The van der Waals surface area contributed by atoms with Crippen molar-refractivity contribution in [3.8, 4) is 5.75 Å². The van der Waals surface area contributed by atoms with Crippen LogP contribution in [-0.2, 0) is 0 Å². The molecular weight excluding hydrogens is 255 g/mol. The molecule has 0 aliphatic heterocycles. The molecule has 106 valence electrons. The van der Waals surface area contributed by atoms with Crippen LogP contribution >= 0.6 is 0 Å². The van der Waals surface area contributed by atoms with Crippen LogP contribution in [0.2, 0.25) is 0 Å². The van der Waals surface area contributed by atoms with Gasteiger partial charge in [0.05, 0.1) is 0 Å². The van der Waals surface area contributed by atoms with E-state index in [1.54, 1.807) is 18.2 Å². The fourth-order valence-electron chi connectivity index (χ4n) is 2.87. The van der Waals surface area contributed by atoms with Crippen molar-refractivity contribution in [3.63, 3.8) is 0 Å². The molecule has 3 atom stereocenters. The van der Waals surface area contributed by atoms with E-state index in [9.17, 15) is 13.2 Å². The average Bonchev–Trinajstić information content (AvgIpc) is 2.34. The number of benzene rings is 1. The van der Waals surface area contributed by atoms with Crippen molar-refractivity contribution in [1.29, 1.82) is 0 Å². The van der Waals surface area contributed by atoms with Crippen molar-refractivity contribution in [2.24, 2.45) is 11.1 Å². The fourth-order valence-corrected chi connectivity index (χ4v) is 2.87. The smallest absolute Gasteiger partial charge is 0.405 e. The van der Waals surface area contributed by atoms with Gasteiger partial charge in [0.25, 0.3) is 0 Å². The van der Waals surface area contributed by atoms with E-state index in [1.807, 2.05) is 13.8 Å². The molecule has 0 radical (unpaired) electrons. The summed E-state index contributed by atoms with van der Waals surface area (Å²) in [5.74, 6) is -0.0855. The molecule has 0 aromatic heterocycles. The van der Waals surface area contributed by atoms with Gasteiger partial charge in [-0.25, -0.2) is 0 Å². The lowest BCUT2D eigenvalue weighted by atomic mass is 9.54. The van der Waals surface area contributed by atoms with Crippen LogP contribution in [0.4, 0.5) is 13.2 Å². The minimum Gasteiger partial charge on any atom is -0.405 e. The third kappa shape index (κ3) is 2.56. The van der Waals surface area contributed by atoms with Crippen molar-refractivity contribution >= 4 is 0 Å². The summed E-state index contributed by atoms with van der Waals surface area (Å²) >= 11 is 0. The molecule has 1 aliphatic carbocycles. The summed E-state index contributed by atoms with van der Waals surface area (Å²) in [5.41, 5.74) is 6.45. The minimum atomic E-state index is -4.66. The van der Waals surface area contributed by atoms with Crippen molar-refractivity contribution in [1.82, 2.24) is 0 Å². The Morgan fingerprint density at radius 3 is 2.53 bits per heavy atom. The molecule has 2 N–H and O–H groups in total. The van der Waals surface area contributed by atoms with Gasteiger partial charge in [0.1, 0.15) is 5.75 Å². The Hall–Kier alpha value is -1.23. The molecule has 1 aromatic carbocycles. The highest BCUT2D eigenvalue weighted by molar-refractivity contribution is 5.40. The summed E-state index contributed by atoms with van der Waals surface area (Å²) in [5, 5.41) is 0. The lowest BCUT2D eigenvalue weighted by Crippen LogP contribution is -2.54. The Morgan fingerprint density at radius 1 is 1.37 bits per heavy atom. The second kappa shape index (κ2) is 4.71. The topological polar surface area (TPSA) is 35.2 Å². The Bertz CT molecular complexity index is 460. The number of hydrogen-bond donors (Lipinski definition) is 1. The van der Waals surface area contributed by atoms with E-state index >= 15 is 0 Å². The van der Waals surface area contributed by atoms with Crippen LogP contribution in [0.25, 0.3) is 0 Å². The highest BCUT2D eigenvalue weighted by Gasteiger charge is 2.50. The predicted octanol–water partition coefficient (Wildman–Crippen LogP) is 3.82. The van der Waals surface area contributed by atoms with E-state index in [1.165, 1.54) is 6.07 Å². The molecule has 0 saturated heterocycles. The molecule has 0 spiro atoms. The van der Waals surface area contributed by atoms with Gasteiger partial charge in [-0.2, -0.15) is 0 Å². The van der Waals surface area contributed by atoms with Gasteiger partial charge in [-0.1, -0.05) is 32.0 Å². The molecule has 0 bridgehead atoms. The van der Waals surface area contributed by atoms with Gasteiger partial charge < -0.3 is 10.5 Å². The van der Waals surface area contributed by atoms with E-state index in [4.69, 9.17) is 5.73 Å². The largest absolute Gasteiger partial charge is 0.573 e. The molecule has 3 unspecified atom stereocenters. The Kier molecular flexibility index (Phi) is 3.51. The number of para-hydroxylation sites is 1. The van der Waals surface area contributed by atoms with Crippen LogP contribution in [0.15, 0.2) is 24.3 Å². The molecule has 2 rings (SSSR count). The van der Waals surface area contributed by atoms with Gasteiger partial charge in [-0.15, -0.1) is 13.2 Å². The van der Waals surface area contributed by atoms with Crippen LogP contribution in [0.3, 0.4) is 0 Å². The summed E-state index contributed by atoms with van der Waals surface area (Å²) in [6, 6.07) is 6.38. The summed E-state index contributed by atoms with van der Waals surface area (Å²) in [6.45, 7) is 4.04. The van der Waals surface area contributed by atoms with Gasteiger partial charge in [0.2, 0.25) is 0 Å². The maximum Gasteiger partial charge on any atom is 0.573 e. The molecule has 1 fully saturated rings. The number of ether oxygens (including phenoxy) is 1. The molecule has 0 heterocycles. The van der Waals surface area contributed by atoms with E-state index in [-0.39, 0.29) is 23.1 Å². The van der Waals surface area contributed by atoms with Crippen LogP contribution in [0, 0.1) is 5.41 Å². The van der Waals surface area contributed by atoms with Gasteiger partial charge in [0, 0.05) is 6.04 Å². The molecule has 5 heteroatoms. The molecule has 2 nitrogen and oxygen atoms in total. The van der Waals surface area contributed by atoms with Gasteiger partial charge in [-0.05, 0) is 35.8 Å². The molecule has 1 aliphatic rings. The van der Waals surface area contributed by atoms with E-state index in [2.05, 4.69) is 4.74 Å². The second-order valence-electron chi connectivity index (χ2n) is 5.34. The highest BCUT2D eigenvalue weighted by atomic mass is 19.4. The quantitative estimate of drug-likeness (QED) is 0.908. The van der Waals surface area contributed by atoms with E-state index in [0.29, 0.717) is 12.0 Å². The summed E-state index contributed by atoms with van der Waals surface area (Å²) in [7, 11) is 0. The highest BCUT2D eigenvalue weighted by Crippen LogP contribution is 2.55. The first-order valence-electron chi connectivity index (χ1n) is 6.38. The Labute approximate surface area is 110 Å². The molecular formula is C14H18F3NO. The van der Waals surface area contributed by atoms with E-state index in [0.717, 1.165) is 6.42 Å². The van der Waals surface area contributed by atoms with Gasteiger partial charge in [0.15, 0.2) is 0 Å². The number of nitrogens with two attached hydrogens (primary N) is 1. The molecule has 0 amide bonds. The van der Waals surface area contributed by atoms with Crippen molar-refractivity contribution in [3.05, 3.63) is 29.8 Å². The van der Waals surface area contributed by atoms with Crippen molar-refractivity contribution in [2.45, 2.75) is 45.0 Å². The summed E-state index contributed by atoms with van der Waals surface area (Å²) < 4.78 is 41.4. The predicted molar refractivity (Wildman–Crippen MR) is 66.9 cm³/mol. The first-order chi connectivity index (χ1) is 8.78. The SMILES string of the molecule is CCC1(C)C(N)CC1c1ccccc1OC(F)(F)F. The first kappa shape index (κ1) is 14.2. The minimum absolute atomic E-state index is 0.0195. The third-order valence-corrected chi connectivity index (χ3v) is 4.41. The maximum absolute atomic E-state index is 12.4. The zero-order valence-corrected chi connectivity index (χ0v) is 11.0.